The lowest BCUT2D eigenvalue weighted by atomic mass is 10.7. The summed E-state index contributed by atoms with van der Waals surface area (Å²) in [5.41, 5.74) is 0. The number of H-pyrrole nitrogens is 1. The van der Waals surface area contributed by atoms with E-state index < -0.39 is 0 Å². The molecule has 5 nitrogen and oxygen atoms in total. The van der Waals surface area contributed by atoms with Gasteiger partial charge in [-0.05, 0) is 19.6 Å². The SMILES string of the molecule is CCn1cc[n+](C)c1.[c-]1nc[nH]n1. The second-order valence-electron chi connectivity index (χ2n) is 2.51. The van der Waals surface area contributed by atoms with E-state index in [1.165, 1.54) is 6.33 Å². The number of nitrogens with zero attached hydrogens (tertiary/aromatic N) is 4. The molecule has 0 aliphatic carbocycles. The van der Waals surface area contributed by atoms with E-state index in [1.807, 2.05) is 17.8 Å². The molecular formula is C8H13N5. The van der Waals surface area contributed by atoms with Gasteiger partial charge in [0.15, 0.2) is 0 Å². The number of aryl methyl sites for hydroxylation is 2. The van der Waals surface area contributed by atoms with Crippen molar-refractivity contribution in [2.75, 3.05) is 0 Å². The average Bonchev–Trinajstić information content (AvgIpc) is 2.76. The maximum atomic E-state index is 3.43. The van der Waals surface area contributed by atoms with Gasteiger partial charge in [-0.1, -0.05) is 0 Å². The van der Waals surface area contributed by atoms with Crippen molar-refractivity contribution in [2.24, 2.45) is 7.05 Å². The van der Waals surface area contributed by atoms with Gasteiger partial charge >= 0.3 is 0 Å². The molecule has 2 aromatic heterocycles. The van der Waals surface area contributed by atoms with Crippen LogP contribution >= 0.6 is 0 Å². The van der Waals surface area contributed by atoms with Crippen molar-refractivity contribution in [1.82, 2.24) is 19.7 Å². The van der Waals surface area contributed by atoms with Gasteiger partial charge in [0.25, 0.3) is 0 Å². The van der Waals surface area contributed by atoms with Gasteiger partial charge in [-0.3, -0.25) is 5.10 Å². The van der Waals surface area contributed by atoms with Crippen molar-refractivity contribution >= 4 is 0 Å². The van der Waals surface area contributed by atoms with Crippen molar-refractivity contribution in [2.45, 2.75) is 13.5 Å². The van der Waals surface area contributed by atoms with Crippen molar-refractivity contribution in [3.63, 3.8) is 0 Å². The third kappa shape index (κ3) is 3.50. The monoisotopic (exact) mass is 179 g/mol. The summed E-state index contributed by atoms with van der Waals surface area (Å²) >= 11 is 0. The molecule has 0 saturated carbocycles. The molecule has 0 bridgehead atoms. The normalized spacial score (nSPS) is 9.08. The third-order valence-electron chi connectivity index (χ3n) is 1.48. The van der Waals surface area contributed by atoms with Crippen LogP contribution in [0.3, 0.4) is 0 Å². The van der Waals surface area contributed by atoms with Gasteiger partial charge in [0.05, 0.1) is 13.6 Å². The molecule has 2 heterocycles. The Balaban J connectivity index is 0.000000145. The summed E-state index contributed by atoms with van der Waals surface area (Å²) in [7, 11) is 2.02. The molecule has 0 fully saturated rings. The largest absolute Gasteiger partial charge is 0.421 e. The average molecular weight is 179 g/mol. The smallest absolute Gasteiger partial charge is 0.243 e. The molecule has 0 spiro atoms. The zero-order valence-corrected chi connectivity index (χ0v) is 7.81. The molecule has 5 heteroatoms. The van der Waals surface area contributed by atoms with Crippen LogP contribution in [0.15, 0.2) is 25.0 Å². The molecule has 2 rings (SSSR count). The molecule has 13 heavy (non-hydrogen) atoms. The Morgan fingerprint density at radius 1 is 1.62 bits per heavy atom. The van der Waals surface area contributed by atoms with Crippen LogP contribution in [0.2, 0.25) is 0 Å². The maximum absolute atomic E-state index is 3.43. The standard InChI is InChI=1S/C6H11N2.C2H2N3/c1-3-8-5-4-7(2)6-8;1-3-2-5-4-1/h4-6H,3H2,1-2H3;1H,(H,3,4,5)/q+1;-1. The molecule has 0 aliphatic heterocycles. The highest BCUT2D eigenvalue weighted by molar-refractivity contribution is 4.63. The zero-order valence-electron chi connectivity index (χ0n) is 7.81. The van der Waals surface area contributed by atoms with Gasteiger partial charge < -0.3 is 10.1 Å². The van der Waals surface area contributed by atoms with Crippen LogP contribution in [0.5, 0.6) is 0 Å². The van der Waals surface area contributed by atoms with E-state index in [-0.39, 0.29) is 0 Å². The van der Waals surface area contributed by atoms with Crippen LogP contribution in [-0.2, 0) is 13.6 Å². The number of aromatic nitrogens is 5. The molecule has 0 aromatic carbocycles. The summed E-state index contributed by atoms with van der Waals surface area (Å²) in [6, 6.07) is 0. The van der Waals surface area contributed by atoms with Crippen LogP contribution in [0, 0.1) is 6.33 Å². The van der Waals surface area contributed by atoms with Crippen LogP contribution in [0.1, 0.15) is 6.92 Å². The van der Waals surface area contributed by atoms with Crippen LogP contribution in [0.4, 0.5) is 0 Å². The van der Waals surface area contributed by atoms with Crippen LogP contribution in [-0.4, -0.2) is 19.7 Å². The van der Waals surface area contributed by atoms with Crippen molar-refractivity contribution < 1.29 is 4.57 Å². The minimum atomic E-state index is 1.06. The summed E-state index contributed by atoms with van der Waals surface area (Å²) in [4.78, 5) is 3.43. The summed E-state index contributed by atoms with van der Waals surface area (Å²) in [6.45, 7) is 3.18. The lowest BCUT2D eigenvalue weighted by molar-refractivity contribution is -0.671. The van der Waals surface area contributed by atoms with Gasteiger partial charge in [0.2, 0.25) is 6.33 Å². The fourth-order valence-corrected chi connectivity index (χ4v) is 0.833. The predicted octanol–water partition coefficient (Wildman–Crippen LogP) is -0.0626. The molecule has 0 atom stereocenters. The second kappa shape index (κ2) is 5.08. The molecular weight excluding hydrogens is 166 g/mol. The highest BCUT2D eigenvalue weighted by Crippen LogP contribution is 1.79. The summed E-state index contributed by atoms with van der Waals surface area (Å²) in [5, 5.41) is 5.81. The minimum absolute atomic E-state index is 1.06. The van der Waals surface area contributed by atoms with Gasteiger partial charge in [0, 0.05) is 0 Å². The van der Waals surface area contributed by atoms with E-state index in [9.17, 15) is 0 Å². The highest BCUT2D eigenvalue weighted by atomic mass is 15.2. The number of hydrogen-bond acceptors (Lipinski definition) is 2. The number of hydrogen-bond donors (Lipinski definition) is 1. The topological polar surface area (TPSA) is 50.4 Å². The molecule has 0 amide bonds. The van der Waals surface area contributed by atoms with Crippen molar-refractivity contribution in [1.29, 1.82) is 0 Å². The maximum Gasteiger partial charge on any atom is 0.243 e. The van der Waals surface area contributed by atoms with E-state index in [4.69, 9.17) is 0 Å². The predicted molar refractivity (Wildman–Crippen MR) is 46.5 cm³/mol. The second-order valence-corrected chi connectivity index (χ2v) is 2.51. The van der Waals surface area contributed by atoms with E-state index in [0.717, 1.165) is 6.54 Å². The number of rotatable bonds is 1. The fourth-order valence-electron chi connectivity index (χ4n) is 0.833. The van der Waals surface area contributed by atoms with E-state index >= 15 is 0 Å². The number of imidazole rings is 1. The number of aromatic amines is 1. The lowest BCUT2D eigenvalue weighted by Gasteiger charge is -1.81. The molecule has 0 unspecified atom stereocenters. The Morgan fingerprint density at radius 3 is 2.69 bits per heavy atom. The molecule has 70 valence electrons. The first kappa shape index (κ1) is 9.44. The third-order valence-corrected chi connectivity index (χ3v) is 1.48. The molecule has 0 aliphatic rings. The molecule has 0 radical (unpaired) electrons. The van der Waals surface area contributed by atoms with E-state index in [0.29, 0.717) is 0 Å². The first-order valence-electron chi connectivity index (χ1n) is 4.05. The zero-order chi connectivity index (χ0) is 9.52. The number of nitrogens with one attached hydrogen (secondary N) is 1. The van der Waals surface area contributed by atoms with Gasteiger partial charge in [0.1, 0.15) is 12.4 Å². The first-order valence-corrected chi connectivity index (χ1v) is 4.05. The Labute approximate surface area is 77.1 Å². The fraction of sp³-hybridized carbons (Fsp3) is 0.375. The summed E-state index contributed by atoms with van der Waals surface area (Å²) in [5.74, 6) is 0. The quantitative estimate of drug-likeness (QED) is 0.492. The van der Waals surface area contributed by atoms with Crippen molar-refractivity contribution in [3.8, 4) is 0 Å². The lowest BCUT2D eigenvalue weighted by Crippen LogP contribution is -2.23. The summed E-state index contributed by atoms with van der Waals surface area (Å²) < 4.78 is 4.16. The van der Waals surface area contributed by atoms with E-state index in [1.54, 1.807) is 0 Å². The van der Waals surface area contributed by atoms with Gasteiger partial charge in [-0.2, -0.15) is 0 Å². The Hall–Kier alpha value is -1.65. The Kier molecular flexibility index (Phi) is 3.69. The van der Waals surface area contributed by atoms with E-state index in [2.05, 4.69) is 45.5 Å². The van der Waals surface area contributed by atoms with Crippen molar-refractivity contribution in [3.05, 3.63) is 31.4 Å². The Bertz CT molecular complexity index is 294. The molecule has 2 aromatic rings. The molecule has 0 saturated heterocycles. The van der Waals surface area contributed by atoms with Gasteiger partial charge in [-0.25, -0.2) is 9.13 Å². The van der Waals surface area contributed by atoms with Gasteiger partial charge in [-0.15, -0.1) is 0 Å². The minimum Gasteiger partial charge on any atom is -0.421 e. The van der Waals surface area contributed by atoms with Crippen LogP contribution < -0.4 is 4.57 Å². The Morgan fingerprint density at radius 2 is 2.46 bits per heavy atom. The first-order chi connectivity index (χ1) is 6.33. The summed E-state index contributed by atoms with van der Waals surface area (Å²) in [6.07, 6.45) is 9.91. The highest BCUT2D eigenvalue weighted by Gasteiger charge is 1.92. The molecule has 1 N–H and O–H groups in total. The van der Waals surface area contributed by atoms with Crippen LogP contribution in [0.25, 0.3) is 0 Å².